The van der Waals surface area contributed by atoms with E-state index in [1.54, 1.807) is 6.92 Å². The molecule has 8 heteroatoms. The fourth-order valence-corrected chi connectivity index (χ4v) is 3.59. The summed E-state index contributed by atoms with van der Waals surface area (Å²) in [5.41, 5.74) is 0. The third kappa shape index (κ3) is 3.41. The van der Waals surface area contributed by atoms with Gasteiger partial charge in [0.1, 0.15) is 4.90 Å². The van der Waals surface area contributed by atoms with E-state index in [0.717, 1.165) is 4.88 Å². The van der Waals surface area contributed by atoms with E-state index in [4.69, 9.17) is 5.11 Å². The second-order valence-corrected chi connectivity index (χ2v) is 6.71. The van der Waals surface area contributed by atoms with Crippen molar-refractivity contribution < 1.29 is 13.5 Å². The molecular formula is C11H15N3O3S2. The van der Waals surface area contributed by atoms with Crippen molar-refractivity contribution in [3.63, 3.8) is 0 Å². The van der Waals surface area contributed by atoms with Gasteiger partial charge in [-0.05, 0) is 18.4 Å². The summed E-state index contributed by atoms with van der Waals surface area (Å²) in [5, 5.41) is 14.6. The Hall–Kier alpha value is -1.22. The molecule has 2 N–H and O–H groups in total. The van der Waals surface area contributed by atoms with Gasteiger partial charge in [0.05, 0.1) is 25.4 Å². The van der Waals surface area contributed by atoms with Gasteiger partial charge in [0.15, 0.2) is 0 Å². The molecule has 0 radical (unpaired) electrons. The van der Waals surface area contributed by atoms with Crippen LogP contribution in [-0.4, -0.2) is 29.9 Å². The standard InChI is InChI=1S/C11H15N3O3S2/c1-9(11-3-2-6-18-11)13-19(16,17)10-7-12-14(8-10)4-5-15/h2-3,6-9,13,15H,4-5H2,1H3. The molecule has 6 nitrogen and oxygen atoms in total. The van der Waals surface area contributed by atoms with Gasteiger partial charge in [-0.1, -0.05) is 6.07 Å². The van der Waals surface area contributed by atoms with Gasteiger partial charge in [-0.3, -0.25) is 4.68 Å². The molecule has 1 atom stereocenters. The molecule has 0 fully saturated rings. The van der Waals surface area contributed by atoms with Crippen LogP contribution in [0.1, 0.15) is 17.8 Å². The van der Waals surface area contributed by atoms with Crippen molar-refractivity contribution in [1.82, 2.24) is 14.5 Å². The minimum Gasteiger partial charge on any atom is -0.394 e. The maximum atomic E-state index is 12.1. The van der Waals surface area contributed by atoms with Gasteiger partial charge in [0, 0.05) is 11.1 Å². The highest BCUT2D eigenvalue weighted by Gasteiger charge is 2.20. The van der Waals surface area contributed by atoms with Crippen LogP contribution in [0.2, 0.25) is 0 Å². The fraction of sp³-hybridized carbons (Fsp3) is 0.364. The van der Waals surface area contributed by atoms with Gasteiger partial charge in [0.2, 0.25) is 10.0 Å². The monoisotopic (exact) mass is 301 g/mol. The summed E-state index contributed by atoms with van der Waals surface area (Å²) in [4.78, 5) is 1.05. The number of aliphatic hydroxyl groups excluding tert-OH is 1. The molecule has 0 saturated carbocycles. The number of rotatable bonds is 6. The Morgan fingerprint density at radius 2 is 2.37 bits per heavy atom. The first kappa shape index (κ1) is 14.2. The molecule has 1 unspecified atom stereocenters. The fourth-order valence-electron chi connectivity index (χ4n) is 1.60. The summed E-state index contributed by atoms with van der Waals surface area (Å²) in [6.07, 6.45) is 2.68. The summed E-state index contributed by atoms with van der Waals surface area (Å²) in [6, 6.07) is 3.48. The van der Waals surface area contributed by atoms with Crippen molar-refractivity contribution in [2.75, 3.05) is 6.61 Å². The van der Waals surface area contributed by atoms with Crippen LogP contribution in [0.5, 0.6) is 0 Å². The first-order valence-electron chi connectivity index (χ1n) is 5.72. The molecule has 104 valence electrons. The quantitative estimate of drug-likeness (QED) is 0.833. The van der Waals surface area contributed by atoms with Crippen LogP contribution < -0.4 is 4.72 Å². The van der Waals surface area contributed by atoms with Gasteiger partial charge in [0.25, 0.3) is 0 Å². The number of thiophene rings is 1. The number of aliphatic hydroxyl groups is 1. The second kappa shape index (κ2) is 5.83. The van der Waals surface area contributed by atoms with Crippen molar-refractivity contribution in [1.29, 1.82) is 0 Å². The summed E-state index contributed by atoms with van der Waals surface area (Å²) in [7, 11) is -3.59. The number of aromatic nitrogens is 2. The number of hydrogen-bond acceptors (Lipinski definition) is 5. The van der Waals surface area contributed by atoms with Gasteiger partial charge >= 0.3 is 0 Å². The van der Waals surface area contributed by atoms with Gasteiger partial charge in [-0.15, -0.1) is 11.3 Å². The van der Waals surface area contributed by atoms with E-state index in [-0.39, 0.29) is 24.1 Å². The lowest BCUT2D eigenvalue weighted by atomic mass is 10.3. The molecule has 19 heavy (non-hydrogen) atoms. The van der Waals surface area contributed by atoms with Gasteiger partial charge < -0.3 is 5.11 Å². The molecule has 0 saturated heterocycles. The number of hydrogen-bond donors (Lipinski definition) is 2. The van der Waals surface area contributed by atoms with Crippen LogP contribution in [0, 0.1) is 0 Å². The topological polar surface area (TPSA) is 84.2 Å². The molecule has 0 amide bonds. The normalized spacial score (nSPS) is 13.6. The molecule has 2 heterocycles. The molecular weight excluding hydrogens is 286 g/mol. The van der Waals surface area contributed by atoms with Crippen LogP contribution >= 0.6 is 11.3 Å². The van der Waals surface area contributed by atoms with Gasteiger partial charge in [-0.2, -0.15) is 5.10 Å². The van der Waals surface area contributed by atoms with Crippen molar-refractivity contribution >= 4 is 21.4 Å². The van der Waals surface area contributed by atoms with E-state index < -0.39 is 10.0 Å². The molecule has 0 aromatic carbocycles. The molecule has 2 aromatic rings. The van der Waals surface area contributed by atoms with Crippen molar-refractivity contribution in [3.8, 4) is 0 Å². The third-order valence-electron chi connectivity index (χ3n) is 2.55. The Labute approximate surface area is 115 Å². The third-order valence-corrected chi connectivity index (χ3v) is 5.10. The van der Waals surface area contributed by atoms with Crippen LogP contribution in [0.3, 0.4) is 0 Å². The van der Waals surface area contributed by atoms with E-state index >= 15 is 0 Å². The summed E-state index contributed by atoms with van der Waals surface area (Å²) in [5.74, 6) is 0. The molecule has 0 aliphatic rings. The predicted molar refractivity (Wildman–Crippen MR) is 72.4 cm³/mol. The molecule has 0 aliphatic heterocycles. The molecule has 2 aromatic heterocycles. The highest BCUT2D eigenvalue weighted by atomic mass is 32.2. The predicted octanol–water partition coefficient (Wildman–Crippen LogP) is 0.976. The smallest absolute Gasteiger partial charge is 0.244 e. The average molecular weight is 301 g/mol. The SMILES string of the molecule is CC(NS(=O)(=O)c1cnn(CCO)c1)c1cccs1. The van der Waals surface area contributed by atoms with E-state index in [2.05, 4.69) is 9.82 Å². The number of sulfonamides is 1. The Balaban J connectivity index is 2.13. The van der Waals surface area contributed by atoms with E-state index in [9.17, 15) is 8.42 Å². The first-order chi connectivity index (χ1) is 9.03. The molecule has 0 aliphatic carbocycles. The summed E-state index contributed by atoms with van der Waals surface area (Å²) >= 11 is 1.50. The van der Waals surface area contributed by atoms with E-state index in [1.165, 1.54) is 28.4 Å². The Bertz CT molecular complexity index is 619. The second-order valence-electron chi connectivity index (χ2n) is 4.02. The molecule has 2 rings (SSSR count). The lowest BCUT2D eigenvalue weighted by Crippen LogP contribution is -2.26. The molecule has 0 bridgehead atoms. The minimum atomic E-state index is -3.59. The lowest BCUT2D eigenvalue weighted by Gasteiger charge is -2.11. The van der Waals surface area contributed by atoms with E-state index in [0.29, 0.717) is 0 Å². The number of nitrogens with zero attached hydrogens (tertiary/aromatic N) is 2. The average Bonchev–Trinajstić information content (AvgIpc) is 2.99. The van der Waals surface area contributed by atoms with E-state index in [1.807, 2.05) is 17.5 Å². The van der Waals surface area contributed by atoms with Crippen molar-refractivity contribution in [2.45, 2.75) is 24.4 Å². The van der Waals surface area contributed by atoms with Crippen LogP contribution in [0.4, 0.5) is 0 Å². The largest absolute Gasteiger partial charge is 0.394 e. The van der Waals surface area contributed by atoms with Crippen molar-refractivity contribution in [2.24, 2.45) is 0 Å². The van der Waals surface area contributed by atoms with Crippen molar-refractivity contribution in [3.05, 3.63) is 34.8 Å². The Kier molecular flexibility index (Phi) is 4.35. The first-order valence-corrected chi connectivity index (χ1v) is 8.08. The zero-order valence-corrected chi connectivity index (χ0v) is 12.0. The zero-order chi connectivity index (χ0) is 13.9. The summed E-state index contributed by atoms with van der Waals surface area (Å²) in [6.45, 7) is 1.98. The maximum Gasteiger partial charge on any atom is 0.244 e. The lowest BCUT2D eigenvalue weighted by molar-refractivity contribution is 0.269. The zero-order valence-electron chi connectivity index (χ0n) is 10.4. The van der Waals surface area contributed by atoms with Crippen LogP contribution in [-0.2, 0) is 16.6 Å². The highest BCUT2D eigenvalue weighted by molar-refractivity contribution is 7.89. The maximum absolute atomic E-state index is 12.1. The van der Waals surface area contributed by atoms with Crippen LogP contribution in [0.15, 0.2) is 34.8 Å². The summed E-state index contributed by atoms with van der Waals surface area (Å²) < 4.78 is 28.3. The van der Waals surface area contributed by atoms with Crippen LogP contribution in [0.25, 0.3) is 0 Å². The minimum absolute atomic E-state index is 0.0831. The highest BCUT2D eigenvalue weighted by Crippen LogP contribution is 2.20. The Morgan fingerprint density at radius 3 is 3.00 bits per heavy atom. The Morgan fingerprint density at radius 1 is 1.58 bits per heavy atom. The number of nitrogens with one attached hydrogen (secondary N) is 1. The molecule has 0 spiro atoms. The van der Waals surface area contributed by atoms with Gasteiger partial charge in [-0.25, -0.2) is 13.1 Å².